The molecule has 0 aliphatic carbocycles. The van der Waals surface area contributed by atoms with Crippen LogP contribution in [0.3, 0.4) is 0 Å². The molecule has 6 nitrogen and oxygen atoms in total. The quantitative estimate of drug-likeness (QED) is 0.706. The number of hydrogen-bond donors (Lipinski definition) is 3. The van der Waals surface area contributed by atoms with E-state index in [1.807, 2.05) is 0 Å². The van der Waals surface area contributed by atoms with Gasteiger partial charge in [-0.05, 0) is 24.3 Å². The lowest BCUT2D eigenvalue weighted by Gasteiger charge is -2.31. The Morgan fingerprint density at radius 2 is 1.81 bits per heavy atom. The zero-order valence-electron chi connectivity index (χ0n) is 11.4. The van der Waals surface area contributed by atoms with Gasteiger partial charge in [-0.1, -0.05) is 0 Å². The summed E-state index contributed by atoms with van der Waals surface area (Å²) < 4.78 is 17.8. The summed E-state index contributed by atoms with van der Waals surface area (Å²) in [6.45, 7) is 0.842. The lowest BCUT2D eigenvalue weighted by Crippen LogP contribution is -2.48. The summed E-state index contributed by atoms with van der Waals surface area (Å²) in [7, 11) is 0. The molecule has 0 atom stereocenters. The minimum atomic E-state index is -1.04. The Bertz CT molecular complexity index is 512. The van der Waals surface area contributed by atoms with E-state index in [4.69, 9.17) is 4.74 Å². The number of anilines is 1. The van der Waals surface area contributed by atoms with Gasteiger partial charge in [0.05, 0.1) is 5.60 Å². The largest absolute Gasteiger partial charge is 0.388 e. The van der Waals surface area contributed by atoms with Crippen molar-refractivity contribution in [3.05, 3.63) is 30.1 Å². The molecule has 1 aromatic carbocycles. The molecule has 1 heterocycles. The normalized spacial score (nSPS) is 17.0. The van der Waals surface area contributed by atoms with Crippen LogP contribution in [-0.4, -0.2) is 42.3 Å². The molecule has 1 aromatic rings. The van der Waals surface area contributed by atoms with E-state index in [9.17, 15) is 19.1 Å². The standard InChI is InChI=1S/C14H17FN2O4/c15-10-1-3-11(4-2-10)17-13(19)12(18)16-9-14(20)5-7-21-8-6-14/h1-4,20H,5-9H2,(H,16,18)(H,17,19). The van der Waals surface area contributed by atoms with Gasteiger partial charge in [-0.3, -0.25) is 9.59 Å². The van der Waals surface area contributed by atoms with E-state index < -0.39 is 23.2 Å². The molecule has 2 amide bonds. The lowest BCUT2D eigenvalue weighted by molar-refractivity contribution is -0.137. The average Bonchev–Trinajstić information content (AvgIpc) is 2.48. The Balaban J connectivity index is 1.82. The molecular formula is C14H17FN2O4. The molecule has 0 radical (unpaired) electrons. The van der Waals surface area contributed by atoms with Crippen LogP contribution in [0.2, 0.25) is 0 Å². The third-order valence-corrected chi connectivity index (χ3v) is 3.31. The Hall–Kier alpha value is -1.99. The number of carbonyl (C=O) groups excluding carboxylic acids is 2. The first-order chi connectivity index (χ1) is 9.98. The summed E-state index contributed by atoms with van der Waals surface area (Å²) in [5, 5.41) is 14.9. The highest BCUT2D eigenvalue weighted by atomic mass is 19.1. The molecule has 1 saturated heterocycles. The predicted molar refractivity (Wildman–Crippen MR) is 73.0 cm³/mol. The van der Waals surface area contributed by atoms with E-state index in [2.05, 4.69) is 10.6 Å². The van der Waals surface area contributed by atoms with Gasteiger partial charge in [-0.25, -0.2) is 4.39 Å². The topological polar surface area (TPSA) is 87.7 Å². The average molecular weight is 296 g/mol. The minimum Gasteiger partial charge on any atom is -0.388 e. The van der Waals surface area contributed by atoms with E-state index in [1.54, 1.807) is 0 Å². The van der Waals surface area contributed by atoms with Crippen LogP contribution in [-0.2, 0) is 14.3 Å². The van der Waals surface area contributed by atoms with Crippen molar-refractivity contribution in [2.75, 3.05) is 25.1 Å². The Labute approximate surface area is 121 Å². The summed E-state index contributed by atoms with van der Waals surface area (Å²) in [4.78, 5) is 23.3. The molecule has 0 aromatic heterocycles. The molecule has 0 unspecified atom stereocenters. The molecule has 3 N–H and O–H groups in total. The second kappa shape index (κ2) is 6.64. The molecule has 2 rings (SSSR count). The van der Waals surface area contributed by atoms with Gasteiger partial charge in [0.1, 0.15) is 5.82 Å². The van der Waals surface area contributed by atoms with Gasteiger partial charge in [0.25, 0.3) is 0 Å². The van der Waals surface area contributed by atoms with Crippen LogP contribution >= 0.6 is 0 Å². The zero-order valence-corrected chi connectivity index (χ0v) is 11.4. The maximum absolute atomic E-state index is 12.7. The van der Waals surface area contributed by atoms with Crippen molar-refractivity contribution < 1.29 is 23.8 Å². The van der Waals surface area contributed by atoms with Gasteiger partial charge in [-0.2, -0.15) is 0 Å². The van der Waals surface area contributed by atoms with Gasteiger partial charge < -0.3 is 20.5 Å². The molecule has 7 heteroatoms. The number of amides is 2. The molecule has 21 heavy (non-hydrogen) atoms. The van der Waals surface area contributed by atoms with Gasteiger partial charge in [-0.15, -0.1) is 0 Å². The molecule has 0 bridgehead atoms. The summed E-state index contributed by atoms with van der Waals surface area (Å²) in [6, 6.07) is 5.07. The molecule has 0 saturated carbocycles. The van der Waals surface area contributed by atoms with Crippen LogP contribution in [0.1, 0.15) is 12.8 Å². The number of nitrogens with one attached hydrogen (secondary N) is 2. The SMILES string of the molecule is O=C(NCC1(O)CCOCC1)C(=O)Nc1ccc(F)cc1. The van der Waals surface area contributed by atoms with Gasteiger partial charge in [0, 0.05) is 38.3 Å². The van der Waals surface area contributed by atoms with E-state index in [0.29, 0.717) is 31.7 Å². The number of carbonyl (C=O) groups is 2. The molecule has 1 aliphatic heterocycles. The Morgan fingerprint density at radius 1 is 1.19 bits per heavy atom. The fraction of sp³-hybridized carbons (Fsp3) is 0.429. The summed E-state index contributed by atoms with van der Waals surface area (Å²) >= 11 is 0. The number of ether oxygens (including phenoxy) is 1. The van der Waals surface area contributed by atoms with Crippen LogP contribution in [0.4, 0.5) is 10.1 Å². The van der Waals surface area contributed by atoms with Crippen LogP contribution in [0.25, 0.3) is 0 Å². The van der Waals surface area contributed by atoms with Crippen molar-refractivity contribution in [1.82, 2.24) is 5.32 Å². The minimum absolute atomic E-state index is 0.00791. The fourth-order valence-corrected chi connectivity index (χ4v) is 1.97. The number of aliphatic hydroxyl groups is 1. The Kier molecular flexibility index (Phi) is 4.87. The second-order valence-electron chi connectivity index (χ2n) is 4.98. The van der Waals surface area contributed by atoms with Crippen molar-refractivity contribution in [3.8, 4) is 0 Å². The van der Waals surface area contributed by atoms with E-state index in [0.717, 1.165) is 0 Å². The monoisotopic (exact) mass is 296 g/mol. The van der Waals surface area contributed by atoms with Crippen LogP contribution in [0, 0.1) is 5.82 Å². The molecule has 1 fully saturated rings. The smallest absolute Gasteiger partial charge is 0.313 e. The first-order valence-corrected chi connectivity index (χ1v) is 6.63. The van der Waals surface area contributed by atoms with E-state index >= 15 is 0 Å². The van der Waals surface area contributed by atoms with Crippen LogP contribution in [0.15, 0.2) is 24.3 Å². The summed E-state index contributed by atoms with van der Waals surface area (Å²) in [5.41, 5.74) is -0.717. The first-order valence-electron chi connectivity index (χ1n) is 6.63. The third-order valence-electron chi connectivity index (χ3n) is 3.31. The maximum atomic E-state index is 12.7. The van der Waals surface area contributed by atoms with Crippen molar-refractivity contribution in [3.63, 3.8) is 0 Å². The number of halogens is 1. The fourth-order valence-electron chi connectivity index (χ4n) is 1.97. The highest BCUT2D eigenvalue weighted by molar-refractivity contribution is 6.39. The van der Waals surface area contributed by atoms with E-state index in [1.165, 1.54) is 24.3 Å². The molecule has 114 valence electrons. The second-order valence-corrected chi connectivity index (χ2v) is 4.98. The molecule has 1 aliphatic rings. The zero-order chi connectivity index (χ0) is 15.3. The van der Waals surface area contributed by atoms with Crippen molar-refractivity contribution in [2.45, 2.75) is 18.4 Å². The number of hydrogen-bond acceptors (Lipinski definition) is 4. The molecule has 0 spiro atoms. The highest BCUT2D eigenvalue weighted by Gasteiger charge is 2.30. The third kappa shape index (κ3) is 4.51. The van der Waals surface area contributed by atoms with Gasteiger partial charge in [0.15, 0.2) is 0 Å². The summed E-state index contributed by atoms with van der Waals surface area (Å²) in [5.74, 6) is -2.14. The number of benzene rings is 1. The Morgan fingerprint density at radius 3 is 2.43 bits per heavy atom. The van der Waals surface area contributed by atoms with Crippen molar-refractivity contribution >= 4 is 17.5 Å². The highest BCUT2D eigenvalue weighted by Crippen LogP contribution is 2.19. The van der Waals surface area contributed by atoms with Crippen molar-refractivity contribution in [1.29, 1.82) is 0 Å². The lowest BCUT2D eigenvalue weighted by atomic mass is 9.94. The van der Waals surface area contributed by atoms with Gasteiger partial charge >= 0.3 is 11.8 Å². The van der Waals surface area contributed by atoms with Crippen LogP contribution < -0.4 is 10.6 Å². The first kappa shape index (κ1) is 15.4. The van der Waals surface area contributed by atoms with Crippen LogP contribution in [0.5, 0.6) is 0 Å². The molecular weight excluding hydrogens is 279 g/mol. The van der Waals surface area contributed by atoms with E-state index in [-0.39, 0.29) is 6.54 Å². The summed E-state index contributed by atoms with van der Waals surface area (Å²) in [6.07, 6.45) is 0.819. The number of rotatable bonds is 3. The maximum Gasteiger partial charge on any atom is 0.313 e. The predicted octanol–water partition coefficient (Wildman–Crippen LogP) is 0.422. The van der Waals surface area contributed by atoms with Crippen molar-refractivity contribution in [2.24, 2.45) is 0 Å². The van der Waals surface area contributed by atoms with Gasteiger partial charge in [0.2, 0.25) is 0 Å².